The Bertz CT molecular complexity index is 207. The van der Waals surface area contributed by atoms with E-state index in [4.69, 9.17) is 5.11 Å². The molecule has 1 rings (SSSR count). The second-order valence-electron chi connectivity index (χ2n) is 5.14. The summed E-state index contributed by atoms with van der Waals surface area (Å²) in [4.78, 5) is 10.3. The molecule has 1 fully saturated rings. The molecule has 0 aliphatic heterocycles. The summed E-state index contributed by atoms with van der Waals surface area (Å²) in [5.41, 5.74) is 0. The highest BCUT2D eigenvalue weighted by Crippen LogP contribution is 2.37. The molecule has 1 aliphatic carbocycles. The highest BCUT2D eigenvalue weighted by molar-refractivity contribution is 5.66. The minimum absolute atomic E-state index is 0.0537. The van der Waals surface area contributed by atoms with Gasteiger partial charge in [-0.3, -0.25) is 4.79 Å². The number of unbranched alkanes of at least 4 members (excludes halogenated alkanes) is 4. The minimum atomic E-state index is -0.689. The van der Waals surface area contributed by atoms with Gasteiger partial charge in [0.15, 0.2) is 0 Å². The average molecular weight is 228 g/mol. The van der Waals surface area contributed by atoms with Crippen molar-refractivity contribution in [3.05, 3.63) is 0 Å². The van der Waals surface area contributed by atoms with Gasteiger partial charge in [-0.2, -0.15) is 0 Å². The van der Waals surface area contributed by atoms with Crippen molar-refractivity contribution in [1.82, 2.24) is 0 Å². The monoisotopic (exact) mass is 228 g/mol. The van der Waals surface area contributed by atoms with Crippen molar-refractivity contribution >= 4 is 5.97 Å². The van der Waals surface area contributed by atoms with Crippen LogP contribution in [0.2, 0.25) is 0 Å². The minimum Gasteiger partial charge on any atom is -0.481 e. The predicted molar refractivity (Wildman–Crippen MR) is 63.2 cm³/mol. The van der Waals surface area contributed by atoms with E-state index in [1.165, 1.54) is 12.8 Å². The van der Waals surface area contributed by atoms with Gasteiger partial charge < -0.3 is 10.2 Å². The Labute approximate surface area is 97.9 Å². The molecule has 1 saturated carbocycles. The quantitative estimate of drug-likeness (QED) is 0.628. The van der Waals surface area contributed by atoms with Crippen molar-refractivity contribution in [1.29, 1.82) is 0 Å². The molecule has 0 radical (unpaired) electrons. The molecule has 3 heteroatoms. The smallest absolute Gasteiger partial charge is 0.303 e. The zero-order valence-corrected chi connectivity index (χ0v) is 10.2. The third-order valence-electron chi connectivity index (χ3n) is 3.77. The Morgan fingerprint density at radius 2 is 1.81 bits per heavy atom. The van der Waals surface area contributed by atoms with E-state index in [2.05, 4.69) is 6.92 Å². The van der Waals surface area contributed by atoms with Crippen molar-refractivity contribution in [2.45, 2.75) is 64.4 Å². The van der Waals surface area contributed by atoms with Gasteiger partial charge in [0, 0.05) is 6.42 Å². The van der Waals surface area contributed by atoms with Crippen LogP contribution in [0.25, 0.3) is 0 Å². The van der Waals surface area contributed by atoms with E-state index in [9.17, 15) is 9.90 Å². The lowest BCUT2D eigenvalue weighted by molar-refractivity contribution is -0.137. The van der Waals surface area contributed by atoms with Gasteiger partial charge in [0.2, 0.25) is 0 Å². The second-order valence-corrected chi connectivity index (χ2v) is 5.14. The summed E-state index contributed by atoms with van der Waals surface area (Å²) in [6.07, 6.45) is 7.68. The third kappa shape index (κ3) is 4.52. The van der Waals surface area contributed by atoms with Gasteiger partial charge in [-0.15, -0.1) is 0 Å². The van der Waals surface area contributed by atoms with E-state index < -0.39 is 5.97 Å². The molecule has 0 aromatic carbocycles. The summed E-state index contributed by atoms with van der Waals surface area (Å²) in [7, 11) is 0. The third-order valence-corrected chi connectivity index (χ3v) is 3.77. The van der Waals surface area contributed by atoms with Crippen molar-refractivity contribution in [3.8, 4) is 0 Å². The fraction of sp³-hybridized carbons (Fsp3) is 0.923. The molecule has 94 valence electrons. The van der Waals surface area contributed by atoms with E-state index in [-0.39, 0.29) is 6.10 Å². The average Bonchev–Trinajstić information content (AvgIpc) is 2.21. The Balaban J connectivity index is 1.86. The van der Waals surface area contributed by atoms with E-state index >= 15 is 0 Å². The van der Waals surface area contributed by atoms with Gasteiger partial charge in [-0.05, 0) is 31.1 Å². The van der Waals surface area contributed by atoms with E-state index in [0.717, 1.165) is 32.1 Å². The van der Waals surface area contributed by atoms with Gasteiger partial charge in [0.25, 0.3) is 0 Å². The first-order valence-corrected chi connectivity index (χ1v) is 6.51. The summed E-state index contributed by atoms with van der Waals surface area (Å²) >= 11 is 0. The van der Waals surface area contributed by atoms with Crippen LogP contribution in [0.4, 0.5) is 0 Å². The first kappa shape index (κ1) is 13.5. The molecule has 0 aromatic heterocycles. The van der Waals surface area contributed by atoms with Crippen molar-refractivity contribution in [3.63, 3.8) is 0 Å². The fourth-order valence-corrected chi connectivity index (χ4v) is 2.58. The normalized spacial score (nSPS) is 28.8. The molecule has 2 N–H and O–H groups in total. The number of hydrogen-bond acceptors (Lipinski definition) is 2. The number of aliphatic hydroxyl groups is 1. The maximum Gasteiger partial charge on any atom is 0.303 e. The molecule has 3 nitrogen and oxygen atoms in total. The van der Waals surface area contributed by atoms with Crippen LogP contribution >= 0.6 is 0 Å². The Hall–Kier alpha value is -0.570. The molecule has 0 heterocycles. The lowest BCUT2D eigenvalue weighted by atomic mass is 9.70. The van der Waals surface area contributed by atoms with Crippen LogP contribution in [0.1, 0.15) is 58.3 Å². The largest absolute Gasteiger partial charge is 0.481 e. The summed E-state index contributed by atoms with van der Waals surface area (Å²) < 4.78 is 0. The SMILES string of the molecule is C[C@H]1CC(O)[C@H]1CCCCCCCC(=O)O. The summed E-state index contributed by atoms with van der Waals surface area (Å²) in [6.45, 7) is 2.21. The first-order valence-electron chi connectivity index (χ1n) is 6.51. The first-order chi connectivity index (χ1) is 7.61. The summed E-state index contributed by atoms with van der Waals surface area (Å²) in [5.74, 6) is 0.535. The van der Waals surface area contributed by atoms with E-state index in [0.29, 0.717) is 18.3 Å². The zero-order valence-electron chi connectivity index (χ0n) is 10.2. The van der Waals surface area contributed by atoms with Crippen LogP contribution < -0.4 is 0 Å². The molecular formula is C13H24O3. The van der Waals surface area contributed by atoms with Crippen LogP contribution in [-0.2, 0) is 4.79 Å². The maximum absolute atomic E-state index is 10.3. The van der Waals surface area contributed by atoms with Crippen LogP contribution in [0, 0.1) is 11.8 Å². The summed E-state index contributed by atoms with van der Waals surface area (Å²) in [5, 5.41) is 18.0. The second kappa shape index (κ2) is 6.89. The molecule has 0 amide bonds. The Morgan fingerprint density at radius 3 is 2.38 bits per heavy atom. The van der Waals surface area contributed by atoms with Crippen LogP contribution in [0.5, 0.6) is 0 Å². The van der Waals surface area contributed by atoms with Crippen LogP contribution in [0.15, 0.2) is 0 Å². The Kier molecular flexibility index (Phi) is 5.81. The Morgan fingerprint density at radius 1 is 1.19 bits per heavy atom. The predicted octanol–water partition coefficient (Wildman–Crippen LogP) is 2.82. The lowest BCUT2D eigenvalue weighted by Crippen LogP contribution is -2.39. The number of hydrogen-bond donors (Lipinski definition) is 2. The standard InChI is InChI=1S/C13H24O3/c1-10-9-12(14)11(10)7-5-3-2-4-6-8-13(15)16/h10-12,14H,2-9H2,1H3,(H,15,16)/t10-,11-,12?/m0/s1. The molecule has 3 atom stereocenters. The molecule has 16 heavy (non-hydrogen) atoms. The van der Waals surface area contributed by atoms with Crippen molar-refractivity contribution < 1.29 is 15.0 Å². The number of carboxylic acids is 1. The van der Waals surface area contributed by atoms with E-state index in [1.54, 1.807) is 0 Å². The fourth-order valence-electron chi connectivity index (χ4n) is 2.58. The number of rotatable bonds is 8. The van der Waals surface area contributed by atoms with Crippen molar-refractivity contribution in [2.24, 2.45) is 11.8 Å². The highest BCUT2D eigenvalue weighted by Gasteiger charge is 2.35. The van der Waals surface area contributed by atoms with Gasteiger partial charge in [0.1, 0.15) is 0 Å². The van der Waals surface area contributed by atoms with Crippen molar-refractivity contribution in [2.75, 3.05) is 0 Å². The number of aliphatic carboxylic acids is 1. The molecule has 0 bridgehead atoms. The van der Waals surface area contributed by atoms with Gasteiger partial charge in [-0.25, -0.2) is 0 Å². The molecule has 1 unspecified atom stereocenters. The molecular weight excluding hydrogens is 204 g/mol. The molecule has 0 spiro atoms. The molecule has 1 aliphatic rings. The van der Waals surface area contributed by atoms with Gasteiger partial charge in [0.05, 0.1) is 6.10 Å². The highest BCUT2D eigenvalue weighted by atomic mass is 16.4. The van der Waals surface area contributed by atoms with E-state index in [1.807, 2.05) is 0 Å². The van der Waals surface area contributed by atoms with Crippen LogP contribution in [0.3, 0.4) is 0 Å². The maximum atomic E-state index is 10.3. The topological polar surface area (TPSA) is 57.5 Å². The number of carboxylic acid groups (broad SMARTS) is 1. The molecule has 0 aromatic rings. The lowest BCUT2D eigenvalue weighted by Gasteiger charge is -2.39. The summed E-state index contributed by atoms with van der Waals surface area (Å²) in [6, 6.07) is 0. The molecule has 0 saturated heterocycles. The van der Waals surface area contributed by atoms with Crippen LogP contribution in [-0.4, -0.2) is 22.3 Å². The van der Waals surface area contributed by atoms with Gasteiger partial charge in [-0.1, -0.05) is 32.6 Å². The number of carbonyl (C=O) groups is 1. The van der Waals surface area contributed by atoms with Gasteiger partial charge >= 0.3 is 5.97 Å². The number of aliphatic hydroxyl groups excluding tert-OH is 1. The zero-order chi connectivity index (χ0) is 12.0.